The van der Waals surface area contributed by atoms with E-state index >= 15 is 0 Å². The van der Waals surface area contributed by atoms with Gasteiger partial charge in [0.15, 0.2) is 0 Å². The Labute approximate surface area is 219 Å². The van der Waals surface area contributed by atoms with E-state index in [2.05, 4.69) is 5.32 Å². The number of rotatable bonds is 7. The highest BCUT2D eigenvalue weighted by Gasteiger charge is 2.22. The molecule has 0 aliphatic rings. The Bertz CT molecular complexity index is 1730. The zero-order chi connectivity index (χ0) is 26.2. The SMILES string of the molecule is COc1ccc(Cl)cc1N(Cc1ccc(C(=O)Nc2ccc3c(c2)oc2ccccc23)cc1)S(C)(=O)=O. The van der Waals surface area contributed by atoms with Crippen molar-refractivity contribution in [3.8, 4) is 5.75 Å². The van der Waals surface area contributed by atoms with E-state index in [1.807, 2.05) is 36.4 Å². The number of hydrogen-bond acceptors (Lipinski definition) is 5. The second-order valence-corrected chi connectivity index (χ2v) is 10.9. The van der Waals surface area contributed by atoms with E-state index in [1.54, 1.807) is 48.5 Å². The quantitative estimate of drug-likeness (QED) is 0.258. The third-order valence-electron chi connectivity index (χ3n) is 5.99. The van der Waals surface area contributed by atoms with Gasteiger partial charge in [-0.15, -0.1) is 0 Å². The number of para-hydroxylation sites is 1. The number of furan rings is 1. The monoisotopic (exact) mass is 534 g/mol. The lowest BCUT2D eigenvalue weighted by Gasteiger charge is -2.24. The van der Waals surface area contributed by atoms with Gasteiger partial charge in [0.25, 0.3) is 5.91 Å². The second-order valence-electron chi connectivity index (χ2n) is 8.55. The summed E-state index contributed by atoms with van der Waals surface area (Å²) in [5.74, 6) is 0.0886. The predicted octanol–water partition coefficient (Wildman–Crippen LogP) is 6.47. The fourth-order valence-corrected chi connectivity index (χ4v) is 5.22. The van der Waals surface area contributed by atoms with Crippen molar-refractivity contribution in [2.75, 3.05) is 23.0 Å². The van der Waals surface area contributed by atoms with Crippen LogP contribution in [0.5, 0.6) is 5.75 Å². The fraction of sp³-hybridized carbons (Fsp3) is 0.107. The van der Waals surface area contributed by atoms with Crippen LogP contribution in [0.4, 0.5) is 11.4 Å². The van der Waals surface area contributed by atoms with E-state index in [9.17, 15) is 13.2 Å². The Morgan fingerprint density at radius 2 is 1.68 bits per heavy atom. The van der Waals surface area contributed by atoms with Gasteiger partial charge >= 0.3 is 0 Å². The molecule has 1 N–H and O–H groups in total. The third-order valence-corrected chi connectivity index (χ3v) is 7.35. The summed E-state index contributed by atoms with van der Waals surface area (Å²) >= 11 is 6.12. The highest BCUT2D eigenvalue weighted by atomic mass is 35.5. The molecule has 0 bridgehead atoms. The number of methoxy groups -OCH3 is 1. The molecule has 5 rings (SSSR count). The molecular weight excluding hydrogens is 512 g/mol. The van der Waals surface area contributed by atoms with Crippen LogP contribution in [-0.2, 0) is 16.6 Å². The third kappa shape index (κ3) is 5.12. The zero-order valence-electron chi connectivity index (χ0n) is 20.1. The summed E-state index contributed by atoms with van der Waals surface area (Å²) in [6.45, 7) is 0.0418. The molecule has 5 aromatic rings. The summed E-state index contributed by atoms with van der Waals surface area (Å²) in [4.78, 5) is 12.9. The molecule has 0 unspecified atom stereocenters. The van der Waals surface area contributed by atoms with Crippen molar-refractivity contribution in [3.05, 3.63) is 101 Å². The van der Waals surface area contributed by atoms with Crippen LogP contribution in [0.3, 0.4) is 0 Å². The van der Waals surface area contributed by atoms with Crippen LogP contribution in [0.1, 0.15) is 15.9 Å². The number of sulfonamides is 1. The molecule has 0 aliphatic heterocycles. The number of halogens is 1. The maximum absolute atomic E-state index is 12.9. The Morgan fingerprint density at radius 1 is 0.946 bits per heavy atom. The van der Waals surface area contributed by atoms with E-state index < -0.39 is 10.0 Å². The summed E-state index contributed by atoms with van der Waals surface area (Å²) in [6.07, 6.45) is 1.12. The van der Waals surface area contributed by atoms with Crippen molar-refractivity contribution in [1.29, 1.82) is 0 Å². The average Bonchev–Trinajstić information content (AvgIpc) is 3.24. The molecule has 9 heteroatoms. The molecule has 4 aromatic carbocycles. The van der Waals surface area contributed by atoms with E-state index in [1.165, 1.54) is 11.4 Å². The van der Waals surface area contributed by atoms with Gasteiger partial charge in [-0.1, -0.05) is 41.9 Å². The fourth-order valence-electron chi connectivity index (χ4n) is 4.17. The first-order chi connectivity index (χ1) is 17.7. The minimum Gasteiger partial charge on any atom is -0.495 e. The summed E-state index contributed by atoms with van der Waals surface area (Å²) in [7, 11) is -2.19. The van der Waals surface area contributed by atoms with E-state index in [0.29, 0.717) is 38.9 Å². The molecule has 0 saturated heterocycles. The molecule has 1 heterocycles. The number of benzene rings is 4. The van der Waals surface area contributed by atoms with Crippen molar-refractivity contribution in [2.45, 2.75) is 6.54 Å². The van der Waals surface area contributed by atoms with Crippen LogP contribution >= 0.6 is 11.6 Å². The van der Waals surface area contributed by atoms with E-state index in [4.69, 9.17) is 20.8 Å². The van der Waals surface area contributed by atoms with Crippen molar-refractivity contribution >= 4 is 60.8 Å². The van der Waals surface area contributed by atoms with Gasteiger partial charge in [-0.3, -0.25) is 9.10 Å². The van der Waals surface area contributed by atoms with Gasteiger partial charge in [-0.25, -0.2) is 8.42 Å². The van der Waals surface area contributed by atoms with Gasteiger partial charge in [0.1, 0.15) is 16.9 Å². The van der Waals surface area contributed by atoms with Crippen molar-refractivity contribution in [1.82, 2.24) is 0 Å². The Balaban J connectivity index is 1.35. The average molecular weight is 535 g/mol. The van der Waals surface area contributed by atoms with Crippen molar-refractivity contribution < 1.29 is 22.4 Å². The summed E-state index contributed by atoms with van der Waals surface area (Å²) in [6, 6.07) is 24.8. The number of nitrogens with one attached hydrogen (secondary N) is 1. The first-order valence-electron chi connectivity index (χ1n) is 11.4. The van der Waals surface area contributed by atoms with Gasteiger partial charge in [-0.2, -0.15) is 0 Å². The number of hydrogen-bond donors (Lipinski definition) is 1. The normalized spacial score (nSPS) is 11.5. The van der Waals surface area contributed by atoms with Crippen LogP contribution in [0, 0.1) is 0 Å². The highest BCUT2D eigenvalue weighted by molar-refractivity contribution is 7.92. The molecule has 1 aromatic heterocycles. The number of anilines is 2. The number of carbonyl (C=O) groups excluding carboxylic acids is 1. The highest BCUT2D eigenvalue weighted by Crippen LogP contribution is 2.34. The first kappa shape index (κ1) is 24.7. The minimum absolute atomic E-state index is 0.0418. The number of ether oxygens (including phenoxy) is 1. The summed E-state index contributed by atoms with van der Waals surface area (Å²) < 4.78 is 37.7. The lowest BCUT2D eigenvalue weighted by Crippen LogP contribution is -2.29. The van der Waals surface area contributed by atoms with Crippen molar-refractivity contribution in [2.24, 2.45) is 0 Å². The Hall–Kier alpha value is -4.01. The van der Waals surface area contributed by atoms with Gasteiger partial charge in [0, 0.05) is 33.1 Å². The van der Waals surface area contributed by atoms with Gasteiger partial charge < -0.3 is 14.5 Å². The van der Waals surface area contributed by atoms with Gasteiger partial charge in [-0.05, 0) is 54.1 Å². The van der Waals surface area contributed by atoms with Crippen molar-refractivity contribution in [3.63, 3.8) is 0 Å². The van der Waals surface area contributed by atoms with Crippen LogP contribution < -0.4 is 14.4 Å². The molecule has 7 nitrogen and oxygen atoms in total. The van der Waals surface area contributed by atoms with Crippen LogP contribution in [-0.4, -0.2) is 27.7 Å². The number of nitrogens with zero attached hydrogens (tertiary/aromatic N) is 1. The van der Waals surface area contributed by atoms with Gasteiger partial charge in [0.05, 0.1) is 25.6 Å². The molecule has 0 aliphatic carbocycles. The molecule has 0 saturated carbocycles. The summed E-state index contributed by atoms with van der Waals surface area (Å²) in [5.41, 5.74) is 3.53. The standard InChI is InChI=1S/C28H23ClN2O5S/c1-35-26-14-11-20(29)15-24(26)31(37(2,33)34)17-18-7-9-19(10-8-18)28(32)30-21-12-13-23-22-5-3-4-6-25(22)36-27(23)16-21/h3-16H,17H2,1-2H3,(H,30,32). The Kier molecular flexibility index (Phi) is 6.54. The molecule has 0 radical (unpaired) electrons. The first-order valence-corrected chi connectivity index (χ1v) is 13.6. The zero-order valence-corrected chi connectivity index (χ0v) is 21.6. The molecule has 0 spiro atoms. The number of carbonyl (C=O) groups is 1. The largest absolute Gasteiger partial charge is 0.495 e. The molecule has 0 fully saturated rings. The topological polar surface area (TPSA) is 88.8 Å². The van der Waals surface area contributed by atoms with E-state index in [0.717, 1.165) is 22.6 Å². The molecule has 1 amide bonds. The van der Waals surface area contributed by atoms with Crippen LogP contribution in [0.25, 0.3) is 21.9 Å². The molecule has 0 atom stereocenters. The smallest absolute Gasteiger partial charge is 0.255 e. The lowest BCUT2D eigenvalue weighted by atomic mass is 10.1. The second kappa shape index (κ2) is 9.80. The molecular formula is C28H23ClN2O5S. The van der Waals surface area contributed by atoms with Crippen LogP contribution in [0.15, 0.2) is 89.3 Å². The predicted molar refractivity (Wildman–Crippen MR) is 147 cm³/mol. The maximum Gasteiger partial charge on any atom is 0.255 e. The lowest BCUT2D eigenvalue weighted by molar-refractivity contribution is 0.102. The van der Waals surface area contributed by atoms with E-state index in [-0.39, 0.29) is 12.5 Å². The van der Waals surface area contributed by atoms with Gasteiger partial charge in [0.2, 0.25) is 10.0 Å². The molecule has 37 heavy (non-hydrogen) atoms. The number of amides is 1. The molecule has 188 valence electrons. The Morgan fingerprint density at radius 3 is 2.41 bits per heavy atom. The number of fused-ring (bicyclic) bond motifs is 3. The maximum atomic E-state index is 12.9. The minimum atomic E-state index is -3.65. The summed E-state index contributed by atoms with van der Waals surface area (Å²) in [5, 5.41) is 5.27. The van der Waals surface area contributed by atoms with Crippen LogP contribution in [0.2, 0.25) is 5.02 Å².